The van der Waals surface area contributed by atoms with E-state index in [1.54, 1.807) is 22.7 Å². The van der Waals surface area contributed by atoms with Crippen LogP contribution in [0.15, 0.2) is 70.3 Å². The predicted molar refractivity (Wildman–Crippen MR) is 196 cm³/mol. The minimum atomic E-state index is 0.116. The lowest BCUT2D eigenvalue weighted by atomic mass is 10.0. The summed E-state index contributed by atoms with van der Waals surface area (Å²) in [6.07, 6.45) is 17.4. The normalized spacial score (nSPS) is 12.0. The van der Waals surface area contributed by atoms with Crippen molar-refractivity contribution in [3.63, 3.8) is 0 Å². The first-order valence-corrected chi connectivity index (χ1v) is 18.5. The Morgan fingerprint density at radius 1 is 0.432 bits per heavy atom. The highest BCUT2D eigenvalue weighted by Gasteiger charge is 2.12. The van der Waals surface area contributed by atoms with Crippen LogP contribution in [-0.2, 0) is 12.8 Å². The third-order valence-electron chi connectivity index (χ3n) is 9.18. The molecule has 0 atom stereocenters. The standard InChI is InChI=1S/C40H44O2S2/c1-3-5-7-9-11-13-15-27-17-19-35-31(21-27)39(41)33-23-29-26-38-34(24-30(29)25-37(33)43-35)40(42)32-22-28(18-20-36(32)44-38)16-14-12-10-8-6-4-2/h17-26H,3-16H2,1-2H3. The third kappa shape index (κ3) is 6.77. The van der Waals surface area contributed by atoms with Gasteiger partial charge in [-0.3, -0.25) is 9.59 Å². The van der Waals surface area contributed by atoms with Gasteiger partial charge in [0, 0.05) is 40.3 Å². The van der Waals surface area contributed by atoms with E-state index in [0.29, 0.717) is 0 Å². The summed E-state index contributed by atoms with van der Waals surface area (Å²) in [5, 5.41) is 5.26. The van der Waals surface area contributed by atoms with Crippen LogP contribution in [-0.4, -0.2) is 0 Å². The second-order valence-corrected chi connectivity index (χ2v) is 14.8. The molecule has 0 N–H and O–H groups in total. The molecular formula is C40H44O2S2. The molecule has 228 valence electrons. The maximum absolute atomic E-state index is 13.8. The number of hydrogen-bond acceptors (Lipinski definition) is 4. The van der Waals surface area contributed by atoms with Gasteiger partial charge in [-0.1, -0.05) is 90.2 Å². The molecule has 4 aromatic carbocycles. The van der Waals surface area contributed by atoms with Crippen molar-refractivity contribution in [1.82, 2.24) is 0 Å². The van der Waals surface area contributed by atoms with Gasteiger partial charge in [0.05, 0.1) is 0 Å². The molecule has 0 aliphatic carbocycles. The average molecular weight is 621 g/mol. The fourth-order valence-electron chi connectivity index (χ4n) is 6.58. The average Bonchev–Trinajstić information content (AvgIpc) is 3.03. The summed E-state index contributed by atoms with van der Waals surface area (Å²) in [4.78, 5) is 27.5. The largest absolute Gasteiger partial charge is 0.289 e. The highest BCUT2D eigenvalue weighted by Crippen LogP contribution is 2.33. The Hall–Kier alpha value is -3.08. The maximum atomic E-state index is 13.8. The summed E-state index contributed by atoms with van der Waals surface area (Å²) >= 11 is 3.36. The zero-order chi connectivity index (χ0) is 30.5. The molecule has 2 heterocycles. The van der Waals surface area contributed by atoms with Crippen LogP contribution in [0.4, 0.5) is 0 Å². The minimum absolute atomic E-state index is 0.116. The van der Waals surface area contributed by atoms with Crippen LogP contribution < -0.4 is 10.9 Å². The van der Waals surface area contributed by atoms with E-state index in [2.05, 4.69) is 62.4 Å². The van der Waals surface area contributed by atoms with Crippen LogP contribution in [0.3, 0.4) is 0 Å². The van der Waals surface area contributed by atoms with Crippen LogP contribution in [0, 0.1) is 0 Å². The lowest BCUT2D eigenvalue weighted by Crippen LogP contribution is -2.03. The third-order valence-corrected chi connectivity index (χ3v) is 11.4. The molecule has 0 bridgehead atoms. The molecular weight excluding hydrogens is 577 g/mol. The van der Waals surface area contributed by atoms with Crippen molar-refractivity contribution < 1.29 is 0 Å². The van der Waals surface area contributed by atoms with Gasteiger partial charge in [-0.2, -0.15) is 0 Å². The number of rotatable bonds is 14. The van der Waals surface area contributed by atoms with Crippen LogP contribution >= 0.6 is 22.7 Å². The second-order valence-electron chi connectivity index (χ2n) is 12.6. The molecule has 6 rings (SSSR count). The summed E-state index contributed by atoms with van der Waals surface area (Å²) in [7, 11) is 0. The van der Waals surface area contributed by atoms with Gasteiger partial charge in [-0.25, -0.2) is 0 Å². The van der Waals surface area contributed by atoms with Gasteiger partial charge in [0.1, 0.15) is 0 Å². The first-order chi connectivity index (χ1) is 21.6. The molecule has 0 amide bonds. The topological polar surface area (TPSA) is 34.1 Å². The maximum Gasteiger partial charge on any atom is 0.195 e. The van der Waals surface area contributed by atoms with Crippen LogP contribution in [0.2, 0.25) is 0 Å². The van der Waals surface area contributed by atoms with Crippen molar-refractivity contribution >= 4 is 73.8 Å². The molecule has 0 saturated heterocycles. The van der Waals surface area contributed by atoms with E-state index in [1.165, 1.54) is 88.2 Å². The van der Waals surface area contributed by atoms with Crippen molar-refractivity contribution in [2.24, 2.45) is 0 Å². The van der Waals surface area contributed by atoms with Gasteiger partial charge < -0.3 is 0 Å². The van der Waals surface area contributed by atoms with Gasteiger partial charge in [-0.05, 0) is 96.1 Å². The van der Waals surface area contributed by atoms with E-state index in [0.717, 1.165) is 64.0 Å². The molecule has 6 aromatic rings. The van der Waals surface area contributed by atoms with Crippen LogP contribution in [0.1, 0.15) is 102 Å². The van der Waals surface area contributed by atoms with Crippen molar-refractivity contribution in [3.8, 4) is 0 Å². The van der Waals surface area contributed by atoms with Crippen molar-refractivity contribution in [2.75, 3.05) is 0 Å². The first kappa shape index (κ1) is 30.9. The Bertz CT molecular complexity index is 1900. The monoisotopic (exact) mass is 620 g/mol. The summed E-state index contributed by atoms with van der Waals surface area (Å²) in [6.45, 7) is 4.50. The SMILES string of the molecule is CCCCCCCCc1ccc2sc3cc4cc5c(=O)c6cc(CCCCCCCC)ccc6sc5cc4cc3c(=O)c2c1. The molecule has 4 heteroatoms. The first-order valence-electron chi connectivity index (χ1n) is 16.9. The van der Waals surface area contributed by atoms with Crippen LogP contribution in [0.25, 0.3) is 51.1 Å². The van der Waals surface area contributed by atoms with Crippen molar-refractivity contribution in [3.05, 3.63) is 92.2 Å². The number of benzene rings is 4. The number of aryl methyl sites for hydroxylation is 2. The van der Waals surface area contributed by atoms with E-state index < -0.39 is 0 Å². The van der Waals surface area contributed by atoms with Gasteiger partial charge in [0.25, 0.3) is 0 Å². The van der Waals surface area contributed by atoms with Crippen molar-refractivity contribution in [1.29, 1.82) is 0 Å². The molecule has 0 spiro atoms. The zero-order valence-electron chi connectivity index (χ0n) is 26.3. The summed E-state index contributed by atoms with van der Waals surface area (Å²) in [6, 6.07) is 21.2. The smallest absolute Gasteiger partial charge is 0.195 e. The number of unbranched alkanes of at least 4 members (excludes halogenated alkanes) is 10. The van der Waals surface area contributed by atoms with Crippen LogP contribution in [0.5, 0.6) is 0 Å². The molecule has 0 aliphatic rings. The highest BCUT2D eigenvalue weighted by molar-refractivity contribution is 7.25. The fourth-order valence-corrected chi connectivity index (χ4v) is 8.74. The Labute approximate surface area is 268 Å². The molecule has 0 fully saturated rings. The van der Waals surface area contributed by atoms with E-state index in [4.69, 9.17) is 0 Å². The fraction of sp³-hybridized carbons (Fsp3) is 0.400. The molecule has 2 nitrogen and oxygen atoms in total. The minimum Gasteiger partial charge on any atom is -0.289 e. The molecule has 44 heavy (non-hydrogen) atoms. The Balaban J connectivity index is 1.30. The molecule has 0 aliphatic heterocycles. The Kier molecular flexibility index (Phi) is 10.1. The summed E-state index contributed by atoms with van der Waals surface area (Å²) in [5.74, 6) is 0. The summed E-state index contributed by atoms with van der Waals surface area (Å²) < 4.78 is 4.03. The molecule has 0 saturated carbocycles. The van der Waals surface area contributed by atoms with E-state index >= 15 is 0 Å². The van der Waals surface area contributed by atoms with E-state index in [1.807, 2.05) is 12.1 Å². The zero-order valence-corrected chi connectivity index (χ0v) is 27.9. The quantitative estimate of drug-likeness (QED) is 0.0897. The predicted octanol–water partition coefficient (Wildman–Crippen LogP) is 12.1. The van der Waals surface area contributed by atoms with Crippen molar-refractivity contribution in [2.45, 2.75) is 104 Å². The number of hydrogen-bond donors (Lipinski definition) is 0. The van der Waals surface area contributed by atoms with E-state index in [9.17, 15) is 9.59 Å². The Morgan fingerprint density at radius 3 is 1.25 bits per heavy atom. The van der Waals surface area contributed by atoms with Gasteiger partial charge >= 0.3 is 0 Å². The highest BCUT2D eigenvalue weighted by atomic mass is 32.1. The van der Waals surface area contributed by atoms with E-state index in [-0.39, 0.29) is 10.9 Å². The van der Waals surface area contributed by atoms with Gasteiger partial charge in [-0.15, -0.1) is 22.7 Å². The molecule has 0 radical (unpaired) electrons. The second kappa shape index (κ2) is 14.3. The van der Waals surface area contributed by atoms with Gasteiger partial charge in [0.15, 0.2) is 10.9 Å². The molecule has 0 unspecified atom stereocenters. The summed E-state index contributed by atoms with van der Waals surface area (Å²) in [5.41, 5.74) is 2.75. The van der Waals surface area contributed by atoms with Gasteiger partial charge in [0.2, 0.25) is 0 Å². The lowest BCUT2D eigenvalue weighted by molar-refractivity contribution is 0.607. The molecule has 2 aromatic heterocycles. The lowest BCUT2D eigenvalue weighted by Gasteiger charge is -2.08. The number of fused-ring (bicyclic) bond motifs is 5. The Morgan fingerprint density at radius 2 is 0.818 bits per heavy atom.